The number of rotatable bonds is 5. The highest BCUT2D eigenvalue weighted by atomic mass is 16.7. The summed E-state index contributed by atoms with van der Waals surface area (Å²) >= 11 is 0. The molecule has 2 aliphatic heterocycles. The fraction of sp³-hybridized carbons (Fsp3) is 0.389. The Morgan fingerprint density at radius 3 is 2.36 bits per heavy atom. The number of esters is 1. The lowest BCUT2D eigenvalue weighted by Crippen LogP contribution is -2.44. The number of hydrogen-bond acceptors (Lipinski definition) is 6. The van der Waals surface area contributed by atoms with Gasteiger partial charge < -0.3 is 14.2 Å². The molecule has 0 aromatic heterocycles. The van der Waals surface area contributed by atoms with Gasteiger partial charge in [-0.05, 0) is 32.1 Å². The number of imide groups is 1. The zero-order valence-electron chi connectivity index (χ0n) is 14.1. The molecule has 0 saturated carbocycles. The van der Waals surface area contributed by atoms with Crippen LogP contribution in [0.5, 0.6) is 0 Å². The van der Waals surface area contributed by atoms with Gasteiger partial charge in [-0.25, -0.2) is 4.79 Å². The molecule has 0 unspecified atom stereocenters. The van der Waals surface area contributed by atoms with Crippen LogP contribution in [0.1, 0.15) is 41.0 Å². The smallest absolute Gasteiger partial charge is 0.373 e. The van der Waals surface area contributed by atoms with E-state index in [1.54, 1.807) is 38.1 Å². The maximum atomic E-state index is 12.7. The molecule has 0 radical (unpaired) electrons. The fourth-order valence-electron chi connectivity index (χ4n) is 2.96. The first-order chi connectivity index (χ1) is 12.1. The highest BCUT2D eigenvalue weighted by molar-refractivity contribution is 6.21. The van der Waals surface area contributed by atoms with Crippen LogP contribution in [0, 0.1) is 0 Å². The zero-order chi connectivity index (χ0) is 18.0. The topological polar surface area (TPSA) is 82.1 Å². The summed E-state index contributed by atoms with van der Waals surface area (Å²) < 4.78 is 15.9. The van der Waals surface area contributed by atoms with E-state index in [0.717, 1.165) is 4.90 Å². The van der Waals surface area contributed by atoms with Gasteiger partial charge in [0.05, 0.1) is 23.8 Å². The molecule has 0 bridgehead atoms. The van der Waals surface area contributed by atoms with Gasteiger partial charge in [0.15, 0.2) is 0 Å². The Labute approximate surface area is 145 Å². The SMILES string of the molecule is CCOC(=O)C1=C[C@H](N2C(=O)c3ccccc3C2=O)C[C@H](OCC)O1. The van der Waals surface area contributed by atoms with E-state index in [2.05, 4.69) is 0 Å². The van der Waals surface area contributed by atoms with Crippen molar-refractivity contribution < 1.29 is 28.6 Å². The van der Waals surface area contributed by atoms with Crippen molar-refractivity contribution in [3.8, 4) is 0 Å². The van der Waals surface area contributed by atoms with Crippen LogP contribution in [0.15, 0.2) is 36.1 Å². The van der Waals surface area contributed by atoms with Crippen molar-refractivity contribution in [2.75, 3.05) is 13.2 Å². The molecule has 1 aromatic carbocycles. The highest BCUT2D eigenvalue weighted by Gasteiger charge is 2.42. The summed E-state index contributed by atoms with van der Waals surface area (Å²) in [5.41, 5.74) is 0.719. The number of carbonyl (C=O) groups is 3. The van der Waals surface area contributed by atoms with Crippen molar-refractivity contribution in [1.82, 2.24) is 4.90 Å². The summed E-state index contributed by atoms with van der Waals surface area (Å²) in [7, 11) is 0. The third-order valence-corrected chi connectivity index (χ3v) is 4.02. The molecule has 0 saturated heterocycles. The third-order valence-electron chi connectivity index (χ3n) is 4.02. The van der Waals surface area contributed by atoms with Crippen LogP contribution in [0.2, 0.25) is 0 Å². The Balaban J connectivity index is 1.92. The molecule has 7 heteroatoms. The van der Waals surface area contributed by atoms with Gasteiger partial charge in [-0.1, -0.05) is 12.1 Å². The monoisotopic (exact) mass is 345 g/mol. The Morgan fingerprint density at radius 2 is 1.80 bits per heavy atom. The molecule has 2 atom stereocenters. The number of benzene rings is 1. The number of carbonyl (C=O) groups excluding carboxylic acids is 3. The van der Waals surface area contributed by atoms with Crippen molar-refractivity contribution in [2.45, 2.75) is 32.6 Å². The number of hydrogen-bond donors (Lipinski definition) is 0. The van der Waals surface area contributed by atoms with Crippen molar-refractivity contribution in [2.24, 2.45) is 0 Å². The minimum atomic E-state index is -0.733. The summed E-state index contributed by atoms with van der Waals surface area (Å²) in [6.45, 7) is 4.04. The summed E-state index contributed by atoms with van der Waals surface area (Å²) in [4.78, 5) is 38.5. The Kier molecular flexibility index (Phi) is 4.85. The second-order valence-corrected chi connectivity index (χ2v) is 5.58. The fourth-order valence-corrected chi connectivity index (χ4v) is 2.96. The number of fused-ring (bicyclic) bond motifs is 1. The largest absolute Gasteiger partial charge is 0.460 e. The van der Waals surface area contributed by atoms with Crippen molar-refractivity contribution in [3.05, 3.63) is 47.2 Å². The predicted molar refractivity (Wildman–Crippen MR) is 86.6 cm³/mol. The lowest BCUT2D eigenvalue weighted by Gasteiger charge is -2.32. The summed E-state index contributed by atoms with van der Waals surface area (Å²) in [5, 5.41) is 0. The lowest BCUT2D eigenvalue weighted by molar-refractivity contribution is -0.161. The predicted octanol–water partition coefficient (Wildman–Crippen LogP) is 1.88. The van der Waals surface area contributed by atoms with Crippen LogP contribution < -0.4 is 0 Å². The normalized spacial score (nSPS) is 22.3. The molecular weight excluding hydrogens is 326 g/mol. The van der Waals surface area contributed by atoms with Gasteiger partial charge >= 0.3 is 5.97 Å². The van der Waals surface area contributed by atoms with Crippen molar-refractivity contribution in [3.63, 3.8) is 0 Å². The van der Waals surface area contributed by atoms with Gasteiger partial charge in [-0.2, -0.15) is 0 Å². The van der Waals surface area contributed by atoms with E-state index in [0.29, 0.717) is 17.7 Å². The van der Waals surface area contributed by atoms with Crippen LogP contribution in [-0.4, -0.2) is 48.2 Å². The number of nitrogens with zero attached hydrogens (tertiary/aromatic N) is 1. The van der Waals surface area contributed by atoms with Crippen LogP contribution in [-0.2, 0) is 19.0 Å². The zero-order valence-corrected chi connectivity index (χ0v) is 14.1. The van der Waals surface area contributed by atoms with Crippen LogP contribution in [0.3, 0.4) is 0 Å². The van der Waals surface area contributed by atoms with Crippen molar-refractivity contribution in [1.29, 1.82) is 0 Å². The first-order valence-electron chi connectivity index (χ1n) is 8.20. The van der Waals surface area contributed by atoms with Crippen molar-refractivity contribution >= 4 is 17.8 Å². The average Bonchev–Trinajstić information content (AvgIpc) is 2.86. The molecule has 7 nitrogen and oxygen atoms in total. The average molecular weight is 345 g/mol. The second kappa shape index (κ2) is 7.06. The second-order valence-electron chi connectivity index (χ2n) is 5.58. The van der Waals surface area contributed by atoms with Gasteiger partial charge in [0.1, 0.15) is 0 Å². The first-order valence-corrected chi connectivity index (χ1v) is 8.20. The van der Waals surface area contributed by atoms with Gasteiger partial charge in [-0.15, -0.1) is 0 Å². The molecule has 0 N–H and O–H groups in total. The number of ether oxygens (including phenoxy) is 3. The quantitative estimate of drug-likeness (QED) is 0.599. The molecule has 0 aliphatic carbocycles. The van der Waals surface area contributed by atoms with Crippen LogP contribution in [0.25, 0.3) is 0 Å². The molecule has 2 amide bonds. The molecule has 3 rings (SSSR count). The van der Waals surface area contributed by atoms with E-state index >= 15 is 0 Å². The van der Waals surface area contributed by atoms with E-state index in [1.165, 1.54) is 6.08 Å². The summed E-state index contributed by atoms with van der Waals surface area (Å²) in [5.74, 6) is -1.47. The minimum Gasteiger partial charge on any atom is -0.460 e. The first kappa shape index (κ1) is 17.2. The minimum absolute atomic E-state index is 0.0480. The molecule has 2 heterocycles. The molecule has 1 aromatic rings. The standard InChI is InChI=1S/C18H19NO6/c1-3-23-15-10-11(9-14(25-15)18(22)24-4-2)19-16(20)12-7-5-6-8-13(12)17(19)21/h5-9,11,15H,3-4,10H2,1-2H3/t11-,15+/m0/s1. The van der Waals surface area contributed by atoms with E-state index in [9.17, 15) is 14.4 Å². The Bertz CT molecular complexity index is 706. The maximum Gasteiger partial charge on any atom is 0.373 e. The molecule has 25 heavy (non-hydrogen) atoms. The summed E-state index contributed by atoms with van der Waals surface area (Å²) in [6, 6.07) is 6.01. The lowest BCUT2D eigenvalue weighted by atomic mass is 10.1. The Hall–Kier alpha value is -2.67. The van der Waals surface area contributed by atoms with E-state index in [1.807, 2.05) is 0 Å². The molecule has 0 fully saturated rings. The Morgan fingerprint density at radius 1 is 1.16 bits per heavy atom. The molecular formula is C18H19NO6. The number of amides is 2. The maximum absolute atomic E-state index is 12.7. The van der Waals surface area contributed by atoms with Gasteiger partial charge in [0.25, 0.3) is 11.8 Å². The van der Waals surface area contributed by atoms with E-state index in [-0.39, 0.29) is 30.6 Å². The molecule has 132 valence electrons. The van der Waals surface area contributed by atoms with E-state index < -0.39 is 18.3 Å². The van der Waals surface area contributed by atoms with Gasteiger partial charge in [-0.3, -0.25) is 14.5 Å². The van der Waals surface area contributed by atoms with Gasteiger partial charge in [0, 0.05) is 13.0 Å². The third kappa shape index (κ3) is 3.15. The van der Waals surface area contributed by atoms with Gasteiger partial charge in [0.2, 0.25) is 12.0 Å². The molecule has 0 spiro atoms. The van der Waals surface area contributed by atoms with Crippen LogP contribution >= 0.6 is 0 Å². The van der Waals surface area contributed by atoms with E-state index in [4.69, 9.17) is 14.2 Å². The summed E-state index contributed by atoms with van der Waals surface area (Å²) in [6.07, 6.45) is 0.973. The highest BCUT2D eigenvalue weighted by Crippen LogP contribution is 2.30. The molecule has 2 aliphatic rings. The van der Waals surface area contributed by atoms with Crippen LogP contribution in [0.4, 0.5) is 0 Å².